The van der Waals surface area contributed by atoms with Crippen molar-refractivity contribution in [2.24, 2.45) is 0 Å². The van der Waals surface area contributed by atoms with E-state index < -0.39 is 0 Å². The molecule has 0 aliphatic carbocycles. The Balaban J connectivity index is 2.73. The third kappa shape index (κ3) is 3.96. The molecule has 0 saturated carbocycles. The maximum absolute atomic E-state index is 10.0. The van der Waals surface area contributed by atoms with Crippen molar-refractivity contribution < 1.29 is 9.84 Å². The van der Waals surface area contributed by atoms with Crippen molar-refractivity contribution in [2.45, 2.75) is 32.8 Å². The maximum atomic E-state index is 10.0. The summed E-state index contributed by atoms with van der Waals surface area (Å²) in [6, 6.07) is 0. The second kappa shape index (κ2) is 6.71. The number of rotatable bonds is 6. The molecule has 1 rings (SSSR count). The Morgan fingerprint density at radius 3 is 2.61 bits per heavy atom. The SMILES string of the molecule is COc1c(C)cnc(CC(O)CCN(C)C)c1C. The second-order valence-corrected chi connectivity index (χ2v) is 5.00. The van der Waals surface area contributed by atoms with E-state index in [9.17, 15) is 5.11 Å². The van der Waals surface area contributed by atoms with Crippen molar-refractivity contribution in [3.05, 3.63) is 23.0 Å². The number of ether oxygens (including phenoxy) is 1. The normalized spacial score (nSPS) is 12.8. The molecule has 4 nitrogen and oxygen atoms in total. The van der Waals surface area contributed by atoms with Crippen molar-refractivity contribution in [1.29, 1.82) is 0 Å². The number of hydrogen-bond donors (Lipinski definition) is 1. The Labute approximate surface area is 110 Å². The highest BCUT2D eigenvalue weighted by Gasteiger charge is 2.13. The van der Waals surface area contributed by atoms with Gasteiger partial charge in [0.05, 0.1) is 13.2 Å². The topological polar surface area (TPSA) is 45.6 Å². The van der Waals surface area contributed by atoms with Gasteiger partial charge in [-0.05, 0) is 40.9 Å². The molecule has 0 aliphatic heterocycles. The first-order valence-electron chi connectivity index (χ1n) is 6.27. The van der Waals surface area contributed by atoms with Crippen LogP contribution < -0.4 is 4.74 Å². The summed E-state index contributed by atoms with van der Waals surface area (Å²) in [4.78, 5) is 6.47. The minimum absolute atomic E-state index is 0.356. The molecule has 1 unspecified atom stereocenters. The average molecular weight is 252 g/mol. The number of nitrogens with zero attached hydrogens (tertiary/aromatic N) is 2. The van der Waals surface area contributed by atoms with Gasteiger partial charge in [0, 0.05) is 29.4 Å². The van der Waals surface area contributed by atoms with E-state index in [-0.39, 0.29) is 6.10 Å². The standard InChI is InChI=1S/C14H24N2O2/c1-10-9-15-13(11(2)14(10)18-5)8-12(17)6-7-16(3)4/h9,12,17H,6-8H2,1-5H3. The van der Waals surface area contributed by atoms with Gasteiger partial charge in [-0.1, -0.05) is 0 Å². The predicted octanol–water partition coefficient (Wildman–Crippen LogP) is 1.56. The fourth-order valence-electron chi connectivity index (χ4n) is 2.01. The monoisotopic (exact) mass is 252 g/mol. The molecule has 0 fully saturated rings. The predicted molar refractivity (Wildman–Crippen MR) is 73.1 cm³/mol. The third-order valence-corrected chi connectivity index (χ3v) is 3.09. The molecule has 0 spiro atoms. The molecule has 1 aromatic rings. The van der Waals surface area contributed by atoms with Crippen LogP contribution in [0.5, 0.6) is 5.75 Å². The maximum Gasteiger partial charge on any atom is 0.128 e. The van der Waals surface area contributed by atoms with Gasteiger partial charge < -0.3 is 14.7 Å². The lowest BCUT2D eigenvalue weighted by atomic mass is 10.0. The van der Waals surface area contributed by atoms with Crippen molar-refractivity contribution in [3.63, 3.8) is 0 Å². The van der Waals surface area contributed by atoms with Crippen LogP contribution in [0.3, 0.4) is 0 Å². The minimum atomic E-state index is -0.356. The van der Waals surface area contributed by atoms with Gasteiger partial charge in [0.15, 0.2) is 0 Å². The first-order chi connectivity index (χ1) is 8.45. The molecule has 0 aromatic carbocycles. The summed E-state index contributed by atoms with van der Waals surface area (Å²) in [7, 11) is 5.68. The summed E-state index contributed by atoms with van der Waals surface area (Å²) in [6.45, 7) is 4.85. The summed E-state index contributed by atoms with van der Waals surface area (Å²) < 4.78 is 5.37. The Bertz CT molecular complexity index is 392. The van der Waals surface area contributed by atoms with Crippen LogP contribution in [0.15, 0.2) is 6.20 Å². The fraction of sp³-hybridized carbons (Fsp3) is 0.643. The van der Waals surface area contributed by atoms with E-state index >= 15 is 0 Å². The van der Waals surface area contributed by atoms with E-state index in [1.165, 1.54) is 0 Å². The summed E-state index contributed by atoms with van der Waals surface area (Å²) in [5.74, 6) is 0.875. The van der Waals surface area contributed by atoms with Crippen LogP contribution in [0.1, 0.15) is 23.2 Å². The molecule has 0 aliphatic rings. The van der Waals surface area contributed by atoms with E-state index in [1.54, 1.807) is 13.3 Å². The highest BCUT2D eigenvalue weighted by atomic mass is 16.5. The lowest BCUT2D eigenvalue weighted by molar-refractivity contribution is 0.151. The van der Waals surface area contributed by atoms with Crippen LogP contribution in [-0.4, -0.2) is 48.8 Å². The van der Waals surface area contributed by atoms with Crippen molar-refractivity contribution in [3.8, 4) is 5.75 Å². The third-order valence-electron chi connectivity index (χ3n) is 3.09. The van der Waals surface area contributed by atoms with Gasteiger partial charge in [-0.15, -0.1) is 0 Å². The van der Waals surface area contributed by atoms with Crippen LogP contribution in [0.4, 0.5) is 0 Å². The Kier molecular flexibility index (Phi) is 5.56. The van der Waals surface area contributed by atoms with E-state index in [1.807, 2.05) is 27.9 Å². The van der Waals surface area contributed by atoms with Crippen molar-refractivity contribution in [1.82, 2.24) is 9.88 Å². The number of hydrogen-bond acceptors (Lipinski definition) is 4. The molecule has 18 heavy (non-hydrogen) atoms. The van der Waals surface area contributed by atoms with Crippen LogP contribution in [-0.2, 0) is 6.42 Å². The van der Waals surface area contributed by atoms with Crippen molar-refractivity contribution >= 4 is 0 Å². The van der Waals surface area contributed by atoms with Gasteiger partial charge in [-0.2, -0.15) is 0 Å². The molecule has 1 N–H and O–H groups in total. The zero-order valence-electron chi connectivity index (χ0n) is 12.0. The van der Waals surface area contributed by atoms with Crippen LogP contribution in [0.25, 0.3) is 0 Å². The van der Waals surface area contributed by atoms with Crippen LogP contribution in [0.2, 0.25) is 0 Å². The second-order valence-electron chi connectivity index (χ2n) is 5.00. The van der Waals surface area contributed by atoms with E-state index in [0.29, 0.717) is 6.42 Å². The van der Waals surface area contributed by atoms with Gasteiger partial charge >= 0.3 is 0 Å². The zero-order chi connectivity index (χ0) is 13.7. The quantitative estimate of drug-likeness (QED) is 0.834. The lowest BCUT2D eigenvalue weighted by Crippen LogP contribution is -2.21. The number of aromatic nitrogens is 1. The molecule has 1 heterocycles. The van der Waals surface area contributed by atoms with Gasteiger partial charge in [-0.25, -0.2) is 0 Å². The summed E-state index contributed by atoms with van der Waals surface area (Å²) in [5, 5.41) is 10.0. The minimum Gasteiger partial charge on any atom is -0.496 e. The molecule has 0 amide bonds. The van der Waals surface area contributed by atoms with Gasteiger partial charge in [0.25, 0.3) is 0 Å². The number of pyridine rings is 1. The Hall–Kier alpha value is -1.13. The number of aliphatic hydroxyl groups excluding tert-OH is 1. The number of aryl methyl sites for hydroxylation is 1. The van der Waals surface area contributed by atoms with Crippen molar-refractivity contribution in [2.75, 3.05) is 27.7 Å². The van der Waals surface area contributed by atoms with Crippen LogP contribution >= 0.6 is 0 Å². The number of aliphatic hydroxyl groups is 1. The molecule has 1 atom stereocenters. The molecule has 0 saturated heterocycles. The molecule has 0 radical (unpaired) electrons. The first kappa shape index (κ1) is 14.9. The van der Waals surface area contributed by atoms with E-state index in [0.717, 1.165) is 35.5 Å². The van der Waals surface area contributed by atoms with E-state index in [2.05, 4.69) is 9.88 Å². The highest BCUT2D eigenvalue weighted by Crippen LogP contribution is 2.24. The molecule has 0 bridgehead atoms. The molecular formula is C14H24N2O2. The lowest BCUT2D eigenvalue weighted by Gasteiger charge is -2.16. The highest BCUT2D eigenvalue weighted by molar-refractivity contribution is 5.41. The molecule has 4 heteroatoms. The first-order valence-corrected chi connectivity index (χ1v) is 6.27. The smallest absolute Gasteiger partial charge is 0.128 e. The average Bonchev–Trinajstić information content (AvgIpc) is 2.31. The zero-order valence-corrected chi connectivity index (χ0v) is 12.0. The molecular weight excluding hydrogens is 228 g/mol. The molecule has 102 valence electrons. The summed E-state index contributed by atoms with van der Waals surface area (Å²) in [6.07, 6.45) is 2.78. The fourth-order valence-corrected chi connectivity index (χ4v) is 2.01. The largest absolute Gasteiger partial charge is 0.496 e. The van der Waals surface area contributed by atoms with E-state index in [4.69, 9.17) is 4.74 Å². The van der Waals surface area contributed by atoms with Gasteiger partial charge in [0.1, 0.15) is 5.75 Å². The Morgan fingerprint density at radius 1 is 1.39 bits per heavy atom. The van der Waals surface area contributed by atoms with Gasteiger partial charge in [-0.3, -0.25) is 4.98 Å². The summed E-state index contributed by atoms with van der Waals surface area (Å²) in [5.41, 5.74) is 2.98. The Morgan fingerprint density at radius 2 is 2.06 bits per heavy atom. The summed E-state index contributed by atoms with van der Waals surface area (Å²) >= 11 is 0. The van der Waals surface area contributed by atoms with Gasteiger partial charge in [0.2, 0.25) is 0 Å². The number of methoxy groups -OCH3 is 1. The molecule has 1 aromatic heterocycles. The van der Waals surface area contributed by atoms with Crippen LogP contribution in [0, 0.1) is 13.8 Å².